The summed E-state index contributed by atoms with van der Waals surface area (Å²) in [6.45, 7) is 5.02. The van der Waals surface area contributed by atoms with E-state index in [1.165, 1.54) is 12.8 Å². The van der Waals surface area contributed by atoms with Crippen LogP contribution in [0, 0.1) is 5.92 Å². The van der Waals surface area contributed by atoms with Crippen molar-refractivity contribution in [1.29, 1.82) is 0 Å². The number of nitrogens with zero attached hydrogens (tertiary/aromatic N) is 2. The van der Waals surface area contributed by atoms with Gasteiger partial charge >= 0.3 is 0 Å². The highest BCUT2D eigenvalue weighted by atomic mass is 32.2. The molecule has 1 aromatic heterocycles. The molecule has 1 atom stereocenters. The molecule has 4 aromatic rings. The van der Waals surface area contributed by atoms with Gasteiger partial charge in [0.25, 0.3) is 0 Å². The molecule has 224 valence electrons. The molecule has 0 N–H and O–H groups in total. The number of imidazole rings is 1. The first-order valence-electron chi connectivity index (χ1n) is 15.2. The summed E-state index contributed by atoms with van der Waals surface area (Å²) in [4.78, 5) is 17.7. The Morgan fingerprint density at radius 2 is 1.81 bits per heavy atom. The smallest absolute Gasteiger partial charge is 0.160 e. The van der Waals surface area contributed by atoms with Crippen LogP contribution in [0.4, 0.5) is 0 Å². The summed E-state index contributed by atoms with van der Waals surface area (Å²) in [6, 6.07) is 23.7. The van der Waals surface area contributed by atoms with E-state index in [-0.39, 0.29) is 5.78 Å². The number of hydrogen-bond acceptors (Lipinski definition) is 5. The number of carbonyl (C=O) groups excluding carboxylic acids is 1. The molecule has 5 rings (SSSR count). The molecule has 0 bridgehead atoms. The van der Waals surface area contributed by atoms with Gasteiger partial charge in [0.15, 0.2) is 5.78 Å². The zero-order valence-electron chi connectivity index (χ0n) is 24.8. The van der Waals surface area contributed by atoms with Crippen LogP contribution in [0.25, 0.3) is 17.2 Å². The first kappa shape index (κ1) is 30.6. The fraction of sp³-hybridized carbons (Fsp3) is 0.333. The van der Waals surface area contributed by atoms with Crippen molar-refractivity contribution in [3.63, 3.8) is 0 Å². The molecular weight excluding hydrogens is 556 g/mol. The predicted octanol–water partition coefficient (Wildman–Crippen LogP) is 7.29. The number of unbranched alkanes of at least 4 members (excludes halogenated alkanes) is 1. The fourth-order valence-corrected chi connectivity index (χ4v) is 5.89. The van der Waals surface area contributed by atoms with Crippen molar-refractivity contribution >= 4 is 22.7 Å². The van der Waals surface area contributed by atoms with E-state index in [9.17, 15) is 9.00 Å². The minimum atomic E-state index is -1.16. The minimum Gasteiger partial charge on any atom is -0.491 e. The lowest BCUT2D eigenvalue weighted by Gasteiger charge is -2.08. The first-order chi connectivity index (χ1) is 21.1. The largest absolute Gasteiger partial charge is 0.491 e. The van der Waals surface area contributed by atoms with Gasteiger partial charge in [-0.2, -0.15) is 0 Å². The highest BCUT2D eigenvalue weighted by Gasteiger charge is 2.23. The maximum atomic E-state index is 13.0. The summed E-state index contributed by atoms with van der Waals surface area (Å²) < 4.78 is 26.4. The molecule has 6 nitrogen and oxygen atoms in total. The zero-order valence-corrected chi connectivity index (χ0v) is 25.6. The number of allylic oxidation sites excluding steroid dienone is 1. The van der Waals surface area contributed by atoms with Crippen LogP contribution in [0.15, 0.2) is 96.3 Å². The van der Waals surface area contributed by atoms with E-state index < -0.39 is 10.8 Å². The SMILES string of the molecule is CCCCOCCOc1ccc(-c2cccc(/C=C/C(=O)Cc3ccc([S@@](=O)Cc4cncn4CC4CC4)cc3)c2)cc1. The summed E-state index contributed by atoms with van der Waals surface area (Å²) in [5, 5.41) is 0. The molecule has 1 fully saturated rings. The average Bonchev–Trinajstić information content (AvgIpc) is 3.75. The number of aromatic nitrogens is 2. The number of hydrogen-bond donors (Lipinski definition) is 0. The molecule has 1 heterocycles. The van der Waals surface area contributed by atoms with Gasteiger partial charge < -0.3 is 14.0 Å². The monoisotopic (exact) mass is 596 g/mol. The van der Waals surface area contributed by atoms with Crippen molar-refractivity contribution in [2.24, 2.45) is 5.92 Å². The third-order valence-electron chi connectivity index (χ3n) is 7.47. The normalized spacial score (nSPS) is 13.8. The van der Waals surface area contributed by atoms with Crippen LogP contribution in [-0.2, 0) is 39.0 Å². The quantitative estimate of drug-likeness (QED) is 0.0946. The number of carbonyl (C=O) groups is 1. The van der Waals surface area contributed by atoms with Crippen molar-refractivity contribution < 1.29 is 18.5 Å². The van der Waals surface area contributed by atoms with Crippen molar-refractivity contribution in [2.45, 2.75) is 56.2 Å². The Kier molecular flexibility index (Phi) is 11.1. The van der Waals surface area contributed by atoms with Crippen molar-refractivity contribution in [3.05, 3.63) is 108 Å². The van der Waals surface area contributed by atoms with E-state index >= 15 is 0 Å². The van der Waals surface area contributed by atoms with Crippen LogP contribution in [0.1, 0.15) is 49.4 Å². The molecule has 43 heavy (non-hydrogen) atoms. The zero-order chi connectivity index (χ0) is 29.9. The van der Waals surface area contributed by atoms with Gasteiger partial charge in [-0.1, -0.05) is 61.9 Å². The Balaban J connectivity index is 1.10. The second-order valence-electron chi connectivity index (χ2n) is 11.1. The average molecular weight is 597 g/mol. The molecule has 7 heteroatoms. The van der Waals surface area contributed by atoms with Crippen LogP contribution in [0.2, 0.25) is 0 Å². The number of benzene rings is 3. The predicted molar refractivity (Wildman–Crippen MR) is 172 cm³/mol. The lowest BCUT2D eigenvalue weighted by molar-refractivity contribution is -0.113. The highest BCUT2D eigenvalue weighted by molar-refractivity contribution is 7.84. The first-order valence-corrected chi connectivity index (χ1v) is 16.5. The van der Waals surface area contributed by atoms with Gasteiger partial charge in [0.2, 0.25) is 0 Å². The van der Waals surface area contributed by atoms with Crippen molar-refractivity contribution in [1.82, 2.24) is 9.55 Å². The molecule has 0 spiro atoms. The minimum absolute atomic E-state index is 0.0171. The lowest BCUT2D eigenvalue weighted by atomic mass is 10.0. The fourth-order valence-electron chi connectivity index (χ4n) is 4.77. The van der Waals surface area contributed by atoms with Gasteiger partial charge in [0, 0.05) is 30.7 Å². The summed E-state index contributed by atoms with van der Waals surface area (Å²) in [7, 11) is -1.16. The molecular formula is C36H40N2O4S. The van der Waals surface area contributed by atoms with Gasteiger partial charge in [-0.15, -0.1) is 0 Å². The van der Waals surface area contributed by atoms with E-state index in [0.717, 1.165) is 70.5 Å². The molecule has 1 saturated carbocycles. The van der Waals surface area contributed by atoms with E-state index in [4.69, 9.17) is 9.47 Å². The highest BCUT2D eigenvalue weighted by Crippen LogP contribution is 2.31. The van der Waals surface area contributed by atoms with Crippen LogP contribution in [-0.4, -0.2) is 39.4 Å². The third-order valence-corrected chi connectivity index (χ3v) is 8.82. The number of ketones is 1. The number of rotatable bonds is 17. The van der Waals surface area contributed by atoms with Crippen LogP contribution in [0.5, 0.6) is 5.75 Å². The van der Waals surface area contributed by atoms with Crippen LogP contribution >= 0.6 is 0 Å². The summed E-state index contributed by atoms with van der Waals surface area (Å²) in [5.41, 5.74) is 5.02. The van der Waals surface area contributed by atoms with Crippen molar-refractivity contribution in [3.8, 4) is 16.9 Å². The molecule has 0 aliphatic heterocycles. The Morgan fingerprint density at radius 3 is 2.58 bits per heavy atom. The van der Waals surface area contributed by atoms with Gasteiger partial charge in [0.05, 0.1) is 35.2 Å². The maximum Gasteiger partial charge on any atom is 0.160 e. The molecule has 3 aromatic carbocycles. The van der Waals surface area contributed by atoms with Crippen molar-refractivity contribution in [2.75, 3.05) is 19.8 Å². The molecule has 0 saturated heterocycles. The second kappa shape index (κ2) is 15.6. The Labute approximate surface area is 257 Å². The number of ether oxygens (including phenoxy) is 2. The molecule has 0 radical (unpaired) electrons. The molecule has 0 amide bonds. The topological polar surface area (TPSA) is 70.4 Å². The Morgan fingerprint density at radius 1 is 1.00 bits per heavy atom. The lowest BCUT2D eigenvalue weighted by Crippen LogP contribution is -2.07. The molecule has 0 unspecified atom stereocenters. The van der Waals surface area contributed by atoms with Gasteiger partial charge in [0.1, 0.15) is 12.4 Å². The van der Waals surface area contributed by atoms with E-state index in [1.807, 2.05) is 79.3 Å². The maximum absolute atomic E-state index is 13.0. The van der Waals surface area contributed by atoms with Crippen LogP contribution < -0.4 is 4.74 Å². The van der Waals surface area contributed by atoms with E-state index in [0.29, 0.717) is 25.4 Å². The summed E-state index contributed by atoms with van der Waals surface area (Å²) >= 11 is 0. The standard InChI is InChI=1S/C36H40N2O4S/c1-2-3-19-41-20-21-42-35-15-12-31(13-16-35)32-6-4-5-28(22-32)9-14-34(39)23-29-10-17-36(18-11-29)43(40)26-33-24-37-27-38(33)25-30-7-8-30/h4-6,9-18,22,24,27,30H,2-3,7-8,19-21,23,25-26H2,1H3/b14-9+/t43-/m0/s1. The van der Waals surface area contributed by atoms with E-state index in [1.54, 1.807) is 6.08 Å². The van der Waals surface area contributed by atoms with Crippen LogP contribution in [0.3, 0.4) is 0 Å². The van der Waals surface area contributed by atoms with E-state index in [2.05, 4.69) is 28.6 Å². The van der Waals surface area contributed by atoms with Gasteiger partial charge in [-0.05, 0) is 83.8 Å². The van der Waals surface area contributed by atoms with Gasteiger partial charge in [-0.25, -0.2) is 4.98 Å². The summed E-state index contributed by atoms with van der Waals surface area (Å²) in [6.07, 6.45) is 12.2. The molecule has 1 aliphatic carbocycles. The van der Waals surface area contributed by atoms with Gasteiger partial charge in [-0.3, -0.25) is 9.00 Å². The third kappa shape index (κ3) is 9.60. The molecule has 1 aliphatic rings. The second-order valence-corrected chi connectivity index (χ2v) is 12.5. The Bertz CT molecular complexity index is 1520. The summed E-state index contributed by atoms with van der Waals surface area (Å²) in [5.74, 6) is 2.02. The Hall–Kier alpha value is -3.81.